The van der Waals surface area contributed by atoms with Crippen LogP contribution >= 0.6 is 11.6 Å². The third-order valence-corrected chi connectivity index (χ3v) is 3.66. The van der Waals surface area contributed by atoms with E-state index in [9.17, 15) is 9.59 Å². The van der Waals surface area contributed by atoms with Crippen molar-refractivity contribution >= 4 is 23.5 Å². The molecule has 0 aliphatic rings. The summed E-state index contributed by atoms with van der Waals surface area (Å²) in [5, 5.41) is 0.449. The van der Waals surface area contributed by atoms with Gasteiger partial charge in [-0.1, -0.05) is 23.7 Å². The van der Waals surface area contributed by atoms with Crippen LogP contribution in [0.4, 0.5) is 0 Å². The maximum absolute atomic E-state index is 12.4. The second kappa shape index (κ2) is 12.6. The highest BCUT2D eigenvalue weighted by atomic mass is 35.5. The van der Waals surface area contributed by atoms with Crippen LogP contribution in [-0.2, 0) is 19.1 Å². The number of hydrogen-bond donors (Lipinski definition) is 0. The summed E-state index contributed by atoms with van der Waals surface area (Å²) < 4.78 is 15.7. The van der Waals surface area contributed by atoms with E-state index in [1.54, 1.807) is 36.1 Å². The zero-order valence-corrected chi connectivity index (χ0v) is 15.6. The number of carbonyl (C=O) groups is 2. The standard InChI is InChI=1S/C18H26ClNO5/c1-3-23-13-7-11-20(12-10-18(22)24-4-2)17(21)14-25-16-9-6-5-8-15(16)19/h5-6,8-9H,3-4,7,10-14H2,1-2H3. The molecule has 1 rings (SSSR count). The van der Waals surface area contributed by atoms with Crippen LogP contribution in [0, 0.1) is 0 Å². The van der Waals surface area contributed by atoms with Crippen molar-refractivity contribution in [2.75, 3.05) is 39.5 Å². The number of halogens is 1. The number of benzene rings is 1. The molecule has 0 radical (unpaired) electrons. The number of hydrogen-bond acceptors (Lipinski definition) is 5. The monoisotopic (exact) mass is 371 g/mol. The zero-order valence-electron chi connectivity index (χ0n) is 14.8. The van der Waals surface area contributed by atoms with E-state index < -0.39 is 0 Å². The lowest BCUT2D eigenvalue weighted by Gasteiger charge is -2.22. The Morgan fingerprint density at radius 3 is 2.56 bits per heavy atom. The van der Waals surface area contributed by atoms with Crippen molar-refractivity contribution in [1.29, 1.82) is 0 Å². The molecule has 140 valence electrons. The van der Waals surface area contributed by atoms with Gasteiger partial charge in [0, 0.05) is 26.3 Å². The summed E-state index contributed by atoms with van der Waals surface area (Å²) in [4.78, 5) is 25.6. The quantitative estimate of drug-likeness (QED) is 0.417. The average molecular weight is 372 g/mol. The third-order valence-electron chi connectivity index (χ3n) is 3.35. The minimum atomic E-state index is -0.322. The lowest BCUT2D eigenvalue weighted by atomic mass is 10.3. The van der Waals surface area contributed by atoms with Crippen molar-refractivity contribution in [3.8, 4) is 5.75 Å². The molecule has 0 aliphatic heterocycles. The lowest BCUT2D eigenvalue weighted by molar-refractivity contribution is -0.144. The molecular weight excluding hydrogens is 346 g/mol. The Balaban J connectivity index is 2.54. The van der Waals surface area contributed by atoms with E-state index in [4.69, 9.17) is 25.8 Å². The van der Waals surface area contributed by atoms with Crippen LogP contribution in [0.25, 0.3) is 0 Å². The molecule has 1 aromatic carbocycles. The number of rotatable bonds is 12. The van der Waals surface area contributed by atoms with E-state index in [2.05, 4.69) is 0 Å². The molecule has 1 aromatic rings. The molecular formula is C18H26ClNO5. The van der Waals surface area contributed by atoms with Crippen molar-refractivity contribution in [3.05, 3.63) is 29.3 Å². The molecule has 0 atom stereocenters. The Kier molecular flexibility index (Phi) is 10.7. The summed E-state index contributed by atoms with van der Waals surface area (Å²) in [5.41, 5.74) is 0. The van der Waals surface area contributed by atoms with Gasteiger partial charge in [0.15, 0.2) is 6.61 Å². The maximum Gasteiger partial charge on any atom is 0.307 e. The maximum atomic E-state index is 12.4. The van der Waals surface area contributed by atoms with Crippen LogP contribution in [-0.4, -0.2) is 56.3 Å². The first kappa shape index (κ1) is 21.3. The first-order chi connectivity index (χ1) is 12.1. The molecule has 1 amide bonds. The van der Waals surface area contributed by atoms with Gasteiger partial charge in [0.2, 0.25) is 0 Å². The Labute approximate surface area is 154 Å². The fourth-order valence-corrected chi connectivity index (χ4v) is 2.31. The van der Waals surface area contributed by atoms with Gasteiger partial charge in [0.25, 0.3) is 5.91 Å². The van der Waals surface area contributed by atoms with Gasteiger partial charge in [-0.3, -0.25) is 9.59 Å². The molecule has 0 aromatic heterocycles. The number of para-hydroxylation sites is 1. The molecule has 0 unspecified atom stereocenters. The Morgan fingerprint density at radius 1 is 1.12 bits per heavy atom. The van der Waals surface area contributed by atoms with Gasteiger partial charge in [-0.05, 0) is 32.4 Å². The summed E-state index contributed by atoms with van der Waals surface area (Å²) in [6, 6.07) is 6.97. The van der Waals surface area contributed by atoms with E-state index >= 15 is 0 Å². The zero-order chi connectivity index (χ0) is 18.5. The molecule has 0 N–H and O–H groups in total. The molecule has 7 heteroatoms. The van der Waals surface area contributed by atoms with Gasteiger partial charge in [0.05, 0.1) is 18.1 Å². The van der Waals surface area contributed by atoms with Gasteiger partial charge in [-0.15, -0.1) is 0 Å². The highest BCUT2D eigenvalue weighted by Crippen LogP contribution is 2.23. The largest absolute Gasteiger partial charge is 0.482 e. The fraction of sp³-hybridized carbons (Fsp3) is 0.556. The van der Waals surface area contributed by atoms with Gasteiger partial charge in [0.1, 0.15) is 5.75 Å². The molecule has 0 saturated heterocycles. The van der Waals surface area contributed by atoms with Gasteiger partial charge in [-0.2, -0.15) is 0 Å². The van der Waals surface area contributed by atoms with Crippen LogP contribution in [0.1, 0.15) is 26.7 Å². The molecule has 0 heterocycles. The summed E-state index contributed by atoms with van der Waals surface area (Å²) in [5.74, 6) is -0.0741. The van der Waals surface area contributed by atoms with Crippen LogP contribution in [0.5, 0.6) is 5.75 Å². The molecule has 0 spiro atoms. The third kappa shape index (κ3) is 8.74. The summed E-state index contributed by atoms with van der Waals surface area (Å²) in [6.45, 7) is 5.83. The number of amides is 1. The van der Waals surface area contributed by atoms with Crippen LogP contribution in [0.15, 0.2) is 24.3 Å². The second-order valence-electron chi connectivity index (χ2n) is 5.21. The minimum Gasteiger partial charge on any atom is -0.482 e. The van der Waals surface area contributed by atoms with E-state index in [1.807, 2.05) is 6.92 Å². The highest BCUT2D eigenvalue weighted by molar-refractivity contribution is 6.32. The fourth-order valence-electron chi connectivity index (χ4n) is 2.11. The van der Waals surface area contributed by atoms with Crippen LogP contribution in [0.2, 0.25) is 5.02 Å². The van der Waals surface area contributed by atoms with E-state index in [1.165, 1.54) is 0 Å². The average Bonchev–Trinajstić information content (AvgIpc) is 2.60. The van der Waals surface area contributed by atoms with Crippen molar-refractivity contribution in [1.82, 2.24) is 4.90 Å². The lowest BCUT2D eigenvalue weighted by Crippen LogP contribution is -2.37. The number of ether oxygens (including phenoxy) is 3. The van der Waals surface area contributed by atoms with Gasteiger partial charge in [-0.25, -0.2) is 0 Å². The van der Waals surface area contributed by atoms with Gasteiger partial charge < -0.3 is 19.1 Å². The predicted octanol–water partition coefficient (Wildman–Crippen LogP) is 2.93. The van der Waals surface area contributed by atoms with Crippen molar-refractivity contribution in [2.45, 2.75) is 26.7 Å². The minimum absolute atomic E-state index is 0.138. The molecule has 25 heavy (non-hydrogen) atoms. The topological polar surface area (TPSA) is 65.1 Å². The Hall–Kier alpha value is -1.79. The van der Waals surface area contributed by atoms with Crippen molar-refractivity contribution in [3.63, 3.8) is 0 Å². The number of carbonyl (C=O) groups excluding carboxylic acids is 2. The molecule has 0 aliphatic carbocycles. The first-order valence-electron chi connectivity index (χ1n) is 8.46. The normalized spacial score (nSPS) is 10.4. The molecule has 0 fully saturated rings. The smallest absolute Gasteiger partial charge is 0.307 e. The van der Waals surface area contributed by atoms with Crippen molar-refractivity contribution < 1.29 is 23.8 Å². The predicted molar refractivity (Wildman–Crippen MR) is 95.9 cm³/mol. The number of nitrogens with zero attached hydrogens (tertiary/aromatic N) is 1. The summed E-state index contributed by atoms with van der Waals surface area (Å²) >= 11 is 6.02. The summed E-state index contributed by atoms with van der Waals surface area (Å²) in [7, 11) is 0. The Bertz CT molecular complexity index is 538. The van der Waals surface area contributed by atoms with Gasteiger partial charge >= 0.3 is 5.97 Å². The second-order valence-corrected chi connectivity index (χ2v) is 5.61. The van der Waals surface area contributed by atoms with Crippen LogP contribution in [0.3, 0.4) is 0 Å². The molecule has 0 bridgehead atoms. The molecule has 0 saturated carbocycles. The van der Waals surface area contributed by atoms with Crippen molar-refractivity contribution in [2.24, 2.45) is 0 Å². The summed E-state index contributed by atoms with van der Waals surface area (Å²) in [6.07, 6.45) is 0.842. The van der Waals surface area contributed by atoms with Crippen LogP contribution < -0.4 is 4.74 Å². The van der Waals surface area contributed by atoms with E-state index in [0.717, 1.165) is 0 Å². The SMILES string of the molecule is CCOCCCN(CCC(=O)OCC)C(=O)COc1ccccc1Cl. The first-order valence-corrected chi connectivity index (χ1v) is 8.84. The van der Waals surface area contributed by atoms with E-state index in [-0.39, 0.29) is 31.4 Å². The highest BCUT2D eigenvalue weighted by Gasteiger charge is 2.16. The Morgan fingerprint density at radius 2 is 1.88 bits per heavy atom. The molecule has 6 nitrogen and oxygen atoms in total. The van der Waals surface area contributed by atoms with E-state index in [0.29, 0.717) is 43.6 Å². The number of esters is 1.